The monoisotopic (exact) mass is 302 g/mol. The predicted octanol–water partition coefficient (Wildman–Crippen LogP) is 4.88. The molecule has 0 fully saturated rings. The Morgan fingerprint density at radius 1 is 1.14 bits per heavy atom. The molecule has 1 aromatic heterocycles. The molecule has 0 radical (unpaired) electrons. The van der Waals surface area contributed by atoms with Crippen molar-refractivity contribution in [3.63, 3.8) is 0 Å². The van der Waals surface area contributed by atoms with Gasteiger partial charge >= 0.3 is 6.03 Å². The quantitative estimate of drug-likeness (QED) is 0.830. The maximum absolute atomic E-state index is 12.3. The fourth-order valence-corrected chi connectivity index (χ4v) is 3.17. The number of aryl methyl sites for hydroxylation is 1. The number of rotatable bonds is 4. The molecule has 2 aromatic rings. The molecule has 0 saturated carbocycles. The molecule has 3 nitrogen and oxygen atoms in total. The first-order valence-electron chi connectivity index (χ1n) is 7.16. The normalized spacial score (nSPS) is 12.2. The highest BCUT2D eigenvalue weighted by Crippen LogP contribution is 2.26. The lowest BCUT2D eigenvalue weighted by Gasteiger charge is -2.22. The van der Waals surface area contributed by atoms with Crippen LogP contribution in [-0.4, -0.2) is 6.03 Å². The number of amides is 2. The van der Waals surface area contributed by atoms with Gasteiger partial charge in [0.15, 0.2) is 0 Å². The van der Waals surface area contributed by atoms with Gasteiger partial charge in [-0.2, -0.15) is 0 Å². The number of carbonyl (C=O) groups is 1. The summed E-state index contributed by atoms with van der Waals surface area (Å²) in [6.45, 7) is 8.29. The minimum atomic E-state index is -0.157. The first kappa shape index (κ1) is 15.6. The van der Waals surface area contributed by atoms with Crippen LogP contribution in [0.4, 0.5) is 10.5 Å². The Bertz CT molecular complexity index is 605. The highest BCUT2D eigenvalue weighted by atomic mass is 32.1. The summed E-state index contributed by atoms with van der Waals surface area (Å²) in [5.41, 5.74) is 3.14. The van der Waals surface area contributed by atoms with E-state index in [0.29, 0.717) is 5.92 Å². The summed E-state index contributed by atoms with van der Waals surface area (Å²) < 4.78 is 0. The lowest BCUT2D eigenvalue weighted by atomic mass is 10.0. The fraction of sp³-hybridized carbons (Fsp3) is 0.353. The molecule has 112 valence electrons. The Hall–Kier alpha value is -1.81. The van der Waals surface area contributed by atoms with Gasteiger partial charge < -0.3 is 10.6 Å². The fourth-order valence-electron chi connectivity index (χ4n) is 2.22. The second-order valence-electron chi connectivity index (χ2n) is 5.58. The smallest absolute Gasteiger partial charge is 0.319 e. The largest absolute Gasteiger partial charge is 0.330 e. The number of hydrogen-bond acceptors (Lipinski definition) is 2. The van der Waals surface area contributed by atoms with Crippen molar-refractivity contribution in [3.05, 3.63) is 51.7 Å². The maximum Gasteiger partial charge on any atom is 0.319 e. The van der Waals surface area contributed by atoms with Crippen molar-refractivity contribution in [2.75, 3.05) is 5.32 Å². The van der Waals surface area contributed by atoms with Gasteiger partial charge in [0.1, 0.15) is 0 Å². The number of carbonyl (C=O) groups excluding carboxylic acids is 1. The Labute approximate surface area is 130 Å². The number of thiophene rings is 1. The minimum absolute atomic E-state index is 0.0371. The van der Waals surface area contributed by atoms with Crippen molar-refractivity contribution >= 4 is 23.1 Å². The van der Waals surface area contributed by atoms with Gasteiger partial charge in [0, 0.05) is 10.6 Å². The van der Waals surface area contributed by atoms with E-state index in [-0.39, 0.29) is 12.1 Å². The number of hydrogen-bond donors (Lipinski definition) is 2. The molecule has 0 spiro atoms. The van der Waals surface area contributed by atoms with E-state index in [9.17, 15) is 4.79 Å². The first-order valence-corrected chi connectivity index (χ1v) is 8.04. The molecular weight excluding hydrogens is 280 g/mol. The van der Waals surface area contributed by atoms with Gasteiger partial charge in [0.25, 0.3) is 0 Å². The van der Waals surface area contributed by atoms with E-state index in [1.54, 1.807) is 11.3 Å². The highest BCUT2D eigenvalue weighted by Gasteiger charge is 2.19. The summed E-state index contributed by atoms with van der Waals surface area (Å²) in [7, 11) is 0. The molecule has 0 bridgehead atoms. The first-order chi connectivity index (χ1) is 9.99. The third-order valence-electron chi connectivity index (χ3n) is 3.66. The summed E-state index contributed by atoms with van der Waals surface area (Å²) in [5, 5.41) is 8.06. The second kappa shape index (κ2) is 6.76. The third kappa shape index (κ3) is 3.85. The lowest BCUT2D eigenvalue weighted by Crippen LogP contribution is -2.34. The van der Waals surface area contributed by atoms with Crippen LogP contribution in [0.3, 0.4) is 0 Å². The van der Waals surface area contributed by atoms with Crippen LogP contribution in [0.15, 0.2) is 35.7 Å². The molecule has 1 aromatic carbocycles. The van der Waals surface area contributed by atoms with Gasteiger partial charge in [-0.1, -0.05) is 32.0 Å². The Morgan fingerprint density at radius 2 is 1.90 bits per heavy atom. The Kier molecular flexibility index (Phi) is 5.02. The van der Waals surface area contributed by atoms with Crippen molar-refractivity contribution in [1.82, 2.24) is 5.32 Å². The average molecular weight is 302 g/mol. The van der Waals surface area contributed by atoms with Gasteiger partial charge in [-0.3, -0.25) is 0 Å². The van der Waals surface area contributed by atoms with Crippen molar-refractivity contribution in [2.45, 2.75) is 33.7 Å². The van der Waals surface area contributed by atoms with Crippen LogP contribution in [-0.2, 0) is 0 Å². The van der Waals surface area contributed by atoms with Crippen molar-refractivity contribution < 1.29 is 4.79 Å². The molecule has 2 N–H and O–H groups in total. The average Bonchev–Trinajstić information content (AvgIpc) is 2.95. The molecule has 0 aliphatic carbocycles. The number of benzene rings is 1. The Balaban J connectivity index is 2.08. The van der Waals surface area contributed by atoms with Crippen LogP contribution >= 0.6 is 11.3 Å². The van der Waals surface area contributed by atoms with E-state index in [0.717, 1.165) is 11.3 Å². The van der Waals surface area contributed by atoms with Gasteiger partial charge in [0.05, 0.1) is 6.04 Å². The zero-order valence-corrected chi connectivity index (χ0v) is 13.8. The molecule has 21 heavy (non-hydrogen) atoms. The van der Waals surface area contributed by atoms with E-state index in [1.807, 2.05) is 43.5 Å². The van der Waals surface area contributed by atoms with Crippen molar-refractivity contribution in [1.29, 1.82) is 0 Å². The van der Waals surface area contributed by atoms with Crippen LogP contribution in [0, 0.1) is 19.8 Å². The summed E-state index contributed by atoms with van der Waals surface area (Å²) in [6, 6.07) is 9.88. The predicted molar refractivity (Wildman–Crippen MR) is 90.0 cm³/mol. The van der Waals surface area contributed by atoms with Gasteiger partial charge in [0.2, 0.25) is 0 Å². The standard InChI is InChI=1S/C17H22N2OS/c1-11(2)16(15-9-6-10-21-15)19-17(20)18-14-8-5-7-12(3)13(14)4/h5-11,16H,1-4H3,(H2,18,19,20)/t16-/m1/s1. The van der Waals surface area contributed by atoms with Crippen LogP contribution < -0.4 is 10.6 Å². The molecule has 0 aliphatic rings. The van der Waals surface area contributed by atoms with Crippen LogP contribution in [0.25, 0.3) is 0 Å². The highest BCUT2D eigenvalue weighted by molar-refractivity contribution is 7.10. The zero-order chi connectivity index (χ0) is 15.4. The molecule has 1 heterocycles. The van der Waals surface area contributed by atoms with Crippen LogP contribution in [0.1, 0.15) is 35.9 Å². The summed E-state index contributed by atoms with van der Waals surface area (Å²) in [6.07, 6.45) is 0. The second-order valence-corrected chi connectivity index (χ2v) is 6.56. The summed E-state index contributed by atoms with van der Waals surface area (Å²) in [5.74, 6) is 0.341. The summed E-state index contributed by atoms with van der Waals surface area (Å²) in [4.78, 5) is 13.5. The van der Waals surface area contributed by atoms with Crippen LogP contribution in [0.2, 0.25) is 0 Å². The van der Waals surface area contributed by atoms with Gasteiger partial charge in [-0.05, 0) is 48.4 Å². The molecule has 0 unspecified atom stereocenters. The molecule has 0 aliphatic heterocycles. The van der Waals surface area contributed by atoms with Crippen molar-refractivity contribution in [3.8, 4) is 0 Å². The molecule has 4 heteroatoms. The van der Waals surface area contributed by atoms with Gasteiger partial charge in [-0.25, -0.2) is 4.79 Å². The van der Waals surface area contributed by atoms with E-state index < -0.39 is 0 Å². The molecule has 2 amide bonds. The summed E-state index contributed by atoms with van der Waals surface area (Å²) >= 11 is 1.67. The molecule has 1 atom stereocenters. The van der Waals surface area contributed by atoms with Crippen LogP contribution in [0.5, 0.6) is 0 Å². The molecular formula is C17H22N2OS. The minimum Gasteiger partial charge on any atom is -0.330 e. The number of urea groups is 1. The molecule has 0 saturated heterocycles. The van der Waals surface area contributed by atoms with E-state index in [2.05, 4.69) is 30.5 Å². The lowest BCUT2D eigenvalue weighted by molar-refractivity contribution is 0.245. The van der Waals surface area contributed by atoms with Gasteiger partial charge in [-0.15, -0.1) is 11.3 Å². The Morgan fingerprint density at radius 3 is 2.52 bits per heavy atom. The van der Waals surface area contributed by atoms with Crippen molar-refractivity contribution in [2.24, 2.45) is 5.92 Å². The number of nitrogens with one attached hydrogen (secondary N) is 2. The van der Waals surface area contributed by atoms with E-state index in [1.165, 1.54) is 10.4 Å². The zero-order valence-electron chi connectivity index (χ0n) is 12.9. The topological polar surface area (TPSA) is 41.1 Å². The number of anilines is 1. The van der Waals surface area contributed by atoms with E-state index >= 15 is 0 Å². The third-order valence-corrected chi connectivity index (χ3v) is 4.61. The van der Waals surface area contributed by atoms with E-state index in [4.69, 9.17) is 0 Å². The SMILES string of the molecule is Cc1cccc(NC(=O)N[C@@H](c2cccs2)C(C)C)c1C. The maximum atomic E-state index is 12.3. The molecule has 2 rings (SSSR count).